The molecular weight excluding hydrogens is 344 g/mol. The van der Waals surface area contributed by atoms with Gasteiger partial charge in [0.2, 0.25) is 5.91 Å². The third kappa shape index (κ3) is 4.94. The average molecular weight is 368 g/mol. The number of carboxylic acids is 1. The highest BCUT2D eigenvalue weighted by atomic mass is 16.4. The van der Waals surface area contributed by atoms with Crippen LogP contribution in [0.4, 0.5) is 0 Å². The number of amides is 2. The summed E-state index contributed by atoms with van der Waals surface area (Å²) in [4.78, 5) is 36.6. The number of aliphatic carboxylic acids is 1. The molecule has 0 saturated heterocycles. The number of nitrogens with one attached hydrogen (secondary N) is 2. The first kappa shape index (κ1) is 20.2. The summed E-state index contributed by atoms with van der Waals surface area (Å²) < 4.78 is 0. The molecule has 3 N–H and O–H groups in total. The summed E-state index contributed by atoms with van der Waals surface area (Å²) in [7, 11) is 0. The molecule has 2 unspecified atom stereocenters. The lowest BCUT2D eigenvalue weighted by Crippen LogP contribution is -2.58. The van der Waals surface area contributed by atoms with Gasteiger partial charge < -0.3 is 15.7 Å². The van der Waals surface area contributed by atoms with Gasteiger partial charge in [-0.05, 0) is 24.6 Å². The Morgan fingerprint density at radius 2 is 1.41 bits per heavy atom. The standard InChI is InChI=1S/C21H24N2O4/c1-14(20(26)27)22-19(25)17(21(2,3)16-12-8-5-9-13-16)23-18(24)15-10-6-4-7-11-15/h4-14,17H,1-3H3,(H,22,25)(H,23,24)(H,26,27). The lowest BCUT2D eigenvalue weighted by Gasteiger charge is -2.35. The number of hydrogen-bond donors (Lipinski definition) is 3. The van der Waals surface area contributed by atoms with Gasteiger partial charge >= 0.3 is 5.97 Å². The SMILES string of the molecule is CC(NC(=O)C(NC(=O)c1ccccc1)C(C)(C)c1ccccc1)C(=O)O. The lowest BCUT2D eigenvalue weighted by atomic mass is 9.77. The van der Waals surface area contributed by atoms with Crippen molar-refractivity contribution in [2.45, 2.75) is 38.3 Å². The van der Waals surface area contributed by atoms with E-state index in [4.69, 9.17) is 5.11 Å². The second-order valence-corrected chi connectivity index (χ2v) is 6.93. The highest BCUT2D eigenvalue weighted by molar-refractivity contribution is 5.98. The number of benzene rings is 2. The number of rotatable bonds is 7. The summed E-state index contributed by atoms with van der Waals surface area (Å²) in [6, 6.07) is 15.8. The van der Waals surface area contributed by atoms with Crippen molar-refractivity contribution in [3.63, 3.8) is 0 Å². The maximum Gasteiger partial charge on any atom is 0.325 e. The Labute approximate surface area is 158 Å². The normalized spacial score (nSPS) is 13.3. The molecule has 0 aromatic heterocycles. The van der Waals surface area contributed by atoms with Crippen molar-refractivity contribution in [2.24, 2.45) is 0 Å². The second kappa shape index (κ2) is 8.49. The van der Waals surface area contributed by atoms with E-state index in [0.29, 0.717) is 5.56 Å². The fourth-order valence-corrected chi connectivity index (χ4v) is 2.77. The quantitative estimate of drug-likeness (QED) is 0.699. The predicted octanol–water partition coefficient (Wildman–Crippen LogP) is 2.35. The molecule has 0 aliphatic heterocycles. The molecule has 0 aliphatic carbocycles. The fourth-order valence-electron chi connectivity index (χ4n) is 2.77. The summed E-state index contributed by atoms with van der Waals surface area (Å²) in [5.74, 6) is -2.10. The molecule has 2 aromatic carbocycles. The number of carbonyl (C=O) groups excluding carboxylic acids is 2. The Morgan fingerprint density at radius 1 is 0.889 bits per heavy atom. The molecule has 0 radical (unpaired) electrons. The second-order valence-electron chi connectivity index (χ2n) is 6.93. The molecule has 6 heteroatoms. The van der Waals surface area contributed by atoms with Crippen LogP contribution in [0.15, 0.2) is 60.7 Å². The smallest absolute Gasteiger partial charge is 0.325 e. The largest absolute Gasteiger partial charge is 0.480 e. The van der Waals surface area contributed by atoms with Gasteiger partial charge in [0.15, 0.2) is 0 Å². The molecule has 2 rings (SSSR count). The minimum absolute atomic E-state index is 0.400. The average Bonchev–Trinajstić information content (AvgIpc) is 2.66. The van der Waals surface area contributed by atoms with Crippen molar-refractivity contribution < 1.29 is 19.5 Å². The molecule has 6 nitrogen and oxygen atoms in total. The Hall–Kier alpha value is -3.15. The highest BCUT2D eigenvalue weighted by Crippen LogP contribution is 2.27. The predicted molar refractivity (Wildman–Crippen MR) is 102 cm³/mol. The number of carbonyl (C=O) groups is 3. The minimum atomic E-state index is -1.14. The van der Waals surface area contributed by atoms with Crippen LogP contribution < -0.4 is 10.6 Å². The van der Waals surface area contributed by atoms with E-state index in [-0.39, 0.29) is 0 Å². The van der Waals surface area contributed by atoms with Crippen molar-refractivity contribution in [1.29, 1.82) is 0 Å². The molecule has 0 bridgehead atoms. The molecule has 0 spiro atoms. The summed E-state index contributed by atoms with van der Waals surface area (Å²) in [5.41, 5.74) is 0.500. The van der Waals surface area contributed by atoms with Gasteiger partial charge in [0.1, 0.15) is 12.1 Å². The molecule has 2 aromatic rings. The lowest BCUT2D eigenvalue weighted by molar-refractivity contribution is -0.141. The van der Waals surface area contributed by atoms with Crippen LogP contribution in [0, 0.1) is 0 Å². The third-order valence-corrected chi connectivity index (χ3v) is 4.54. The maximum absolute atomic E-state index is 12.9. The van der Waals surface area contributed by atoms with Gasteiger partial charge in [-0.2, -0.15) is 0 Å². The molecule has 0 heterocycles. The first-order valence-electron chi connectivity index (χ1n) is 8.68. The first-order chi connectivity index (χ1) is 12.7. The monoisotopic (exact) mass is 368 g/mol. The van der Waals surface area contributed by atoms with Crippen LogP contribution >= 0.6 is 0 Å². The molecule has 0 aliphatic rings. The van der Waals surface area contributed by atoms with E-state index in [1.165, 1.54) is 6.92 Å². The van der Waals surface area contributed by atoms with Gasteiger partial charge in [-0.25, -0.2) is 0 Å². The summed E-state index contributed by atoms with van der Waals surface area (Å²) >= 11 is 0. The molecular formula is C21H24N2O4. The van der Waals surface area contributed by atoms with E-state index in [9.17, 15) is 14.4 Å². The zero-order valence-corrected chi connectivity index (χ0v) is 15.6. The van der Waals surface area contributed by atoms with Crippen LogP contribution in [-0.2, 0) is 15.0 Å². The molecule has 2 atom stereocenters. The van der Waals surface area contributed by atoms with Crippen molar-refractivity contribution >= 4 is 17.8 Å². The van der Waals surface area contributed by atoms with E-state index < -0.39 is 35.3 Å². The Balaban J connectivity index is 2.34. The van der Waals surface area contributed by atoms with Gasteiger partial charge in [-0.3, -0.25) is 14.4 Å². The maximum atomic E-state index is 12.9. The van der Waals surface area contributed by atoms with Crippen molar-refractivity contribution in [3.05, 3.63) is 71.8 Å². The molecule has 0 saturated carbocycles. The van der Waals surface area contributed by atoms with E-state index in [0.717, 1.165) is 5.56 Å². The van der Waals surface area contributed by atoms with Gasteiger partial charge in [0.05, 0.1) is 0 Å². The van der Waals surface area contributed by atoms with Crippen molar-refractivity contribution in [1.82, 2.24) is 10.6 Å². The molecule has 142 valence electrons. The van der Waals surface area contributed by atoms with Crippen molar-refractivity contribution in [3.8, 4) is 0 Å². The summed E-state index contributed by atoms with van der Waals surface area (Å²) in [6.45, 7) is 5.05. The van der Waals surface area contributed by atoms with Crippen LogP contribution in [0.5, 0.6) is 0 Å². The van der Waals surface area contributed by atoms with Crippen LogP contribution in [0.2, 0.25) is 0 Å². The van der Waals surface area contributed by atoms with E-state index in [2.05, 4.69) is 10.6 Å². The van der Waals surface area contributed by atoms with E-state index >= 15 is 0 Å². The van der Waals surface area contributed by atoms with E-state index in [1.54, 1.807) is 30.3 Å². The zero-order chi connectivity index (χ0) is 20.0. The van der Waals surface area contributed by atoms with Crippen LogP contribution in [0.1, 0.15) is 36.7 Å². The topological polar surface area (TPSA) is 95.5 Å². The van der Waals surface area contributed by atoms with Gasteiger partial charge in [-0.15, -0.1) is 0 Å². The third-order valence-electron chi connectivity index (χ3n) is 4.54. The van der Waals surface area contributed by atoms with Crippen LogP contribution in [0.3, 0.4) is 0 Å². The summed E-state index contributed by atoms with van der Waals surface area (Å²) in [6.07, 6.45) is 0. The summed E-state index contributed by atoms with van der Waals surface area (Å²) in [5, 5.41) is 14.3. The molecule has 2 amide bonds. The number of hydrogen-bond acceptors (Lipinski definition) is 3. The van der Waals surface area contributed by atoms with E-state index in [1.807, 2.05) is 44.2 Å². The highest BCUT2D eigenvalue weighted by Gasteiger charge is 2.38. The van der Waals surface area contributed by atoms with Crippen molar-refractivity contribution in [2.75, 3.05) is 0 Å². The van der Waals surface area contributed by atoms with Crippen LogP contribution in [0.25, 0.3) is 0 Å². The molecule has 27 heavy (non-hydrogen) atoms. The van der Waals surface area contributed by atoms with Crippen LogP contribution in [-0.4, -0.2) is 35.0 Å². The van der Waals surface area contributed by atoms with Gasteiger partial charge in [0, 0.05) is 11.0 Å². The Bertz CT molecular complexity index is 803. The first-order valence-corrected chi connectivity index (χ1v) is 8.68. The molecule has 0 fully saturated rings. The fraction of sp³-hybridized carbons (Fsp3) is 0.286. The van der Waals surface area contributed by atoms with Gasteiger partial charge in [0.25, 0.3) is 5.91 Å². The Morgan fingerprint density at radius 3 is 1.93 bits per heavy atom. The number of carboxylic acid groups (broad SMARTS) is 1. The Kier molecular flexibility index (Phi) is 6.34. The zero-order valence-electron chi connectivity index (χ0n) is 15.6. The minimum Gasteiger partial charge on any atom is -0.480 e. The van der Waals surface area contributed by atoms with Gasteiger partial charge in [-0.1, -0.05) is 62.4 Å².